The summed E-state index contributed by atoms with van der Waals surface area (Å²) in [5, 5.41) is 0. The number of allylic oxidation sites excluding steroid dienone is 2. The molecule has 0 fully saturated rings. The van der Waals surface area contributed by atoms with Crippen LogP contribution in [-0.2, 0) is 0 Å². The van der Waals surface area contributed by atoms with Crippen LogP contribution in [0.1, 0.15) is 57.8 Å². The van der Waals surface area contributed by atoms with Gasteiger partial charge in [0.2, 0.25) is 0 Å². The number of alkyl halides is 2. The van der Waals surface area contributed by atoms with Gasteiger partial charge in [-0.3, -0.25) is 0 Å². The minimum absolute atomic E-state index is 0.653. The Morgan fingerprint density at radius 2 is 1.13 bits per heavy atom. The van der Waals surface area contributed by atoms with Crippen LogP contribution in [-0.4, -0.2) is 11.8 Å². The van der Waals surface area contributed by atoms with Gasteiger partial charge in [0.25, 0.3) is 0 Å². The maximum Gasteiger partial charge on any atom is 0.0404 e. The van der Waals surface area contributed by atoms with Gasteiger partial charge in [0.05, 0.1) is 0 Å². The van der Waals surface area contributed by atoms with Crippen molar-refractivity contribution < 1.29 is 0 Å². The van der Waals surface area contributed by atoms with Gasteiger partial charge in [0, 0.05) is 11.8 Å². The lowest BCUT2D eigenvalue weighted by molar-refractivity contribution is 0.578. The number of rotatable bonds is 11. The lowest BCUT2D eigenvalue weighted by Gasteiger charge is -2.00. The average molecular weight is 251 g/mol. The molecule has 0 rings (SSSR count). The lowest BCUT2D eigenvalue weighted by atomic mass is 10.1. The molecule has 0 amide bonds. The number of halogens is 2. The van der Waals surface area contributed by atoms with E-state index in [-0.39, 0.29) is 0 Å². The smallest absolute Gasteiger partial charge is 0.0404 e. The van der Waals surface area contributed by atoms with Gasteiger partial charge in [0.1, 0.15) is 0 Å². The Hall–Kier alpha value is 0.320. The molecule has 0 nitrogen and oxygen atoms in total. The summed E-state index contributed by atoms with van der Waals surface area (Å²) in [6, 6.07) is 0. The second-order valence-electron chi connectivity index (χ2n) is 3.93. The molecule has 0 aromatic heterocycles. The monoisotopic (exact) mass is 250 g/mol. The van der Waals surface area contributed by atoms with Crippen LogP contribution in [0.4, 0.5) is 0 Å². The van der Waals surface area contributed by atoms with E-state index in [0.717, 1.165) is 5.88 Å². The van der Waals surface area contributed by atoms with E-state index in [4.69, 9.17) is 23.2 Å². The average Bonchev–Trinajstić information content (AvgIpc) is 2.26. The van der Waals surface area contributed by atoms with Crippen molar-refractivity contribution in [2.75, 3.05) is 11.8 Å². The molecule has 15 heavy (non-hydrogen) atoms. The maximum absolute atomic E-state index is 5.61. The molecule has 0 aromatic rings. The fraction of sp³-hybridized carbons (Fsp3) is 0.846. The zero-order valence-corrected chi connectivity index (χ0v) is 11.2. The van der Waals surface area contributed by atoms with Gasteiger partial charge in [-0.25, -0.2) is 0 Å². The van der Waals surface area contributed by atoms with Gasteiger partial charge in [-0.05, 0) is 19.3 Å². The normalized spacial score (nSPS) is 11.3. The fourth-order valence-electron chi connectivity index (χ4n) is 1.60. The highest BCUT2D eigenvalue weighted by Crippen LogP contribution is 2.10. The van der Waals surface area contributed by atoms with Gasteiger partial charge in [-0.1, -0.05) is 50.7 Å². The molecule has 0 aliphatic heterocycles. The molecule has 0 N–H and O–H groups in total. The Morgan fingerprint density at radius 1 is 0.600 bits per heavy atom. The zero-order valence-electron chi connectivity index (χ0n) is 9.69. The highest BCUT2D eigenvalue weighted by atomic mass is 35.5. The van der Waals surface area contributed by atoms with Crippen LogP contribution < -0.4 is 0 Å². The van der Waals surface area contributed by atoms with Crippen LogP contribution in [0.5, 0.6) is 0 Å². The van der Waals surface area contributed by atoms with Crippen LogP contribution in [0.2, 0.25) is 0 Å². The minimum atomic E-state index is 0.653. The van der Waals surface area contributed by atoms with Crippen molar-refractivity contribution in [3.63, 3.8) is 0 Å². The summed E-state index contributed by atoms with van der Waals surface area (Å²) < 4.78 is 0. The Labute approximate surface area is 105 Å². The molecule has 2 heteroatoms. The van der Waals surface area contributed by atoms with Crippen molar-refractivity contribution in [2.45, 2.75) is 57.8 Å². The van der Waals surface area contributed by atoms with Gasteiger partial charge < -0.3 is 0 Å². The van der Waals surface area contributed by atoms with Crippen molar-refractivity contribution >= 4 is 23.2 Å². The second kappa shape index (κ2) is 14.3. The molecule has 0 saturated carbocycles. The highest BCUT2D eigenvalue weighted by Gasteiger charge is 1.91. The number of hydrogen-bond donors (Lipinski definition) is 0. The Morgan fingerprint density at radius 3 is 1.67 bits per heavy atom. The summed E-state index contributed by atoms with van der Waals surface area (Å²) in [5.74, 6) is 1.48. The third-order valence-corrected chi connectivity index (χ3v) is 2.96. The number of hydrogen-bond acceptors (Lipinski definition) is 0. The molecule has 0 spiro atoms. The van der Waals surface area contributed by atoms with E-state index in [1.807, 2.05) is 6.08 Å². The van der Waals surface area contributed by atoms with Crippen molar-refractivity contribution in [3.8, 4) is 0 Å². The first kappa shape index (κ1) is 15.3. The third-order valence-electron chi connectivity index (χ3n) is 2.51. The van der Waals surface area contributed by atoms with Crippen LogP contribution >= 0.6 is 23.2 Å². The summed E-state index contributed by atoms with van der Waals surface area (Å²) in [5.41, 5.74) is 0. The Balaban J connectivity index is 2.89. The van der Waals surface area contributed by atoms with Gasteiger partial charge in [-0.15, -0.1) is 23.2 Å². The van der Waals surface area contributed by atoms with E-state index in [0.29, 0.717) is 5.88 Å². The molecule has 0 atom stereocenters. The van der Waals surface area contributed by atoms with Gasteiger partial charge in [-0.2, -0.15) is 0 Å². The molecule has 90 valence electrons. The molecular weight excluding hydrogens is 227 g/mol. The fourth-order valence-corrected chi connectivity index (χ4v) is 1.91. The largest absolute Gasteiger partial charge is 0.127 e. The van der Waals surface area contributed by atoms with E-state index in [2.05, 4.69) is 6.08 Å². The van der Waals surface area contributed by atoms with E-state index >= 15 is 0 Å². The first-order chi connectivity index (χ1) is 7.41. The Kier molecular flexibility index (Phi) is 14.6. The van der Waals surface area contributed by atoms with E-state index in [1.54, 1.807) is 0 Å². The summed E-state index contributed by atoms with van der Waals surface area (Å²) in [7, 11) is 0. The predicted molar refractivity (Wildman–Crippen MR) is 72.1 cm³/mol. The predicted octanol–water partition coefficient (Wildman–Crippen LogP) is 5.53. The first-order valence-electron chi connectivity index (χ1n) is 6.18. The molecule has 0 bridgehead atoms. The molecule has 0 unspecified atom stereocenters. The zero-order chi connectivity index (χ0) is 11.2. The van der Waals surface area contributed by atoms with E-state index < -0.39 is 0 Å². The summed E-state index contributed by atoms with van der Waals surface area (Å²) >= 11 is 11.1. The molecule has 0 aliphatic rings. The maximum atomic E-state index is 5.61. The lowest BCUT2D eigenvalue weighted by Crippen LogP contribution is -1.81. The molecule has 0 heterocycles. The van der Waals surface area contributed by atoms with Crippen molar-refractivity contribution in [1.29, 1.82) is 0 Å². The summed E-state index contributed by atoms with van der Waals surface area (Å²) in [6.45, 7) is 0. The molecular formula is C13H24Cl2. The van der Waals surface area contributed by atoms with E-state index in [1.165, 1.54) is 57.8 Å². The van der Waals surface area contributed by atoms with Crippen molar-refractivity contribution in [3.05, 3.63) is 12.2 Å². The highest BCUT2D eigenvalue weighted by molar-refractivity contribution is 6.18. The SMILES string of the molecule is ClCC=CCCCCCCCCCCCl. The quantitative estimate of drug-likeness (QED) is 0.257. The third kappa shape index (κ3) is 14.3. The van der Waals surface area contributed by atoms with Crippen LogP contribution in [0.15, 0.2) is 12.2 Å². The first-order valence-corrected chi connectivity index (χ1v) is 7.25. The summed E-state index contributed by atoms with van der Waals surface area (Å²) in [6.07, 6.45) is 16.1. The summed E-state index contributed by atoms with van der Waals surface area (Å²) in [4.78, 5) is 0. The van der Waals surface area contributed by atoms with Crippen LogP contribution in [0, 0.1) is 0 Å². The standard InChI is InChI=1S/C13H24Cl2/c14-12-10-8-6-4-2-1-3-5-7-9-11-13-15/h8,10H,1-7,9,11-13H2. The molecule has 0 saturated heterocycles. The molecule has 0 radical (unpaired) electrons. The van der Waals surface area contributed by atoms with Crippen molar-refractivity contribution in [2.24, 2.45) is 0 Å². The van der Waals surface area contributed by atoms with Gasteiger partial charge >= 0.3 is 0 Å². The van der Waals surface area contributed by atoms with Crippen molar-refractivity contribution in [1.82, 2.24) is 0 Å². The van der Waals surface area contributed by atoms with E-state index in [9.17, 15) is 0 Å². The topological polar surface area (TPSA) is 0 Å². The Bertz CT molecular complexity index is 132. The van der Waals surface area contributed by atoms with Crippen LogP contribution in [0.3, 0.4) is 0 Å². The second-order valence-corrected chi connectivity index (χ2v) is 4.62. The minimum Gasteiger partial charge on any atom is -0.127 e. The van der Waals surface area contributed by atoms with Gasteiger partial charge in [0.15, 0.2) is 0 Å². The molecule has 0 aliphatic carbocycles. The number of unbranched alkanes of at least 4 members (excludes halogenated alkanes) is 8. The van der Waals surface area contributed by atoms with Crippen LogP contribution in [0.25, 0.3) is 0 Å². The molecule has 0 aromatic carbocycles.